The summed E-state index contributed by atoms with van der Waals surface area (Å²) in [6.07, 6.45) is 0. The van der Waals surface area contributed by atoms with Gasteiger partial charge in [-0.15, -0.1) is 0 Å². The molecule has 0 saturated carbocycles. The van der Waals surface area contributed by atoms with E-state index in [9.17, 15) is 0 Å². The molecule has 0 spiro atoms. The van der Waals surface area contributed by atoms with Gasteiger partial charge in [0, 0.05) is 59.8 Å². The lowest BCUT2D eigenvalue weighted by atomic mass is 9.34. The average molecular weight is 1010 g/mol. The molecule has 1 aliphatic carbocycles. The zero-order valence-electron chi connectivity index (χ0n) is 42.4. The van der Waals surface area contributed by atoms with Crippen molar-refractivity contribution >= 4 is 95.5 Å². The molecule has 78 heavy (non-hydrogen) atoms. The van der Waals surface area contributed by atoms with Crippen LogP contribution < -0.4 is 21.3 Å². The van der Waals surface area contributed by atoms with Gasteiger partial charge >= 0.3 is 0 Å². The second kappa shape index (κ2) is 16.7. The predicted octanol–water partition coefficient (Wildman–Crippen LogP) is 16.7. The van der Waals surface area contributed by atoms with E-state index in [0.29, 0.717) is 0 Å². The van der Waals surface area contributed by atoms with Crippen LogP contribution in [0.3, 0.4) is 0 Å². The number of hydrogen-bond donors (Lipinski definition) is 0. The lowest BCUT2D eigenvalue weighted by Gasteiger charge is -2.42. The Balaban J connectivity index is 1.02. The maximum atomic E-state index is 2.62. The van der Waals surface area contributed by atoms with Crippen LogP contribution in [-0.2, 0) is 5.41 Å². The van der Waals surface area contributed by atoms with E-state index in [-0.39, 0.29) is 6.71 Å². The van der Waals surface area contributed by atoms with Gasteiger partial charge in [0.25, 0.3) is 0 Å². The molecule has 0 fully saturated rings. The van der Waals surface area contributed by atoms with Crippen LogP contribution in [0.2, 0.25) is 0 Å². The lowest BCUT2D eigenvalue weighted by molar-refractivity contribution is 0.766. The Bertz CT molecular complexity index is 4710. The highest BCUT2D eigenvalue weighted by molar-refractivity contribution is 8.00. The fourth-order valence-electron chi connectivity index (χ4n) is 14.0. The Morgan fingerprint density at radius 2 is 0.821 bits per heavy atom. The largest absolute Gasteiger partial charge is 0.311 e. The van der Waals surface area contributed by atoms with Gasteiger partial charge in [-0.1, -0.05) is 223 Å². The molecule has 0 amide bonds. The van der Waals surface area contributed by atoms with E-state index >= 15 is 0 Å². The molecule has 362 valence electrons. The number of para-hydroxylation sites is 4. The summed E-state index contributed by atoms with van der Waals surface area (Å²) in [4.78, 5) is 5.18. The van der Waals surface area contributed by atoms with E-state index in [1.165, 1.54) is 126 Å². The summed E-state index contributed by atoms with van der Waals surface area (Å²) < 4.78 is 4.94. The zero-order chi connectivity index (χ0) is 51.1. The van der Waals surface area contributed by atoms with Gasteiger partial charge in [0.1, 0.15) is 0 Å². The molecule has 2 aliphatic heterocycles. The van der Waals surface area contributed by atoms with Gasteiger partial charge in [-0.25, -0.2) is 0 Å². The maximum Gasteiger partial charge on any atom is 0.249 e. The van der Waals surface area contributed by atoms with Crippen LogP contribution in [0.1, 0.15) is 22.3 Å². The minimum atomic E-state index is -0.618. The van der Waals surface area contributed by atoms with Crippen molar-refractivity contribution in [2.24, 2.45) is 0 Å². The molecule has 0 N–H and O–H groups in total. The Labute approximate surface area is 457 Å². The van der Waals surface area contributed by atoms with E-state index in [1.54, 1.807) is 0 Å². The van der Waals surface area contributed by atoms with Crippen molar-refractivity contribution in [2.45, 2.75) is 15.2 Å². The number of hydrogen-bond acceptors (Lipinski definition) is 2. The Morgan fingerprint density at radius 1 is 0.321 bits per heavy atom. The first kappa shape index (κ1) is 43.7. The van der Waals surface area contributed by atoms with Crippen molar-refractivity contribution in [3.63, 3.8) is 0 Å². The first-order chi connectivity index (χ1) is 38.7. The molecular formula is C73H46BN3S. The molecule has 0 atom stereocenters. The Hall–Kier alpha value is -9.55. The molecule has 14 aromatic rings. The molecule has 12 aromatic carbocycles. The van der Waals surface area contributed by atoms with Crippen molar-refractivity contribution < 1.29 is 0 Å². The first-order valence-corrected chi connectivity index (χ1v) is 27.8. The van der Waals surface area contributed by atoms with Gasteiger partial charge in [0.05, 0.1) is 27.5 Å². The monoisotopic (exact) mass is 1010 g/mol. The summed E-state index contributed by atoms with van der Waals surface area (Å²) in [5.74, 6) is 0. The molecule has 17 rings (SSSR count). The second-order valence-electron chi connectivity index (χ2n) is 21.1. The summed E-state index contributed by atoms with van der Waals surface area (Å²) >= 11 is 1.94. The van der Waals surface area contributed by atoms with E-state index in [4.69, 9.17) is 0 Å². The van der Waals surface area contributed by atoms with Gasteiger partial charge in [0.2, 0.25) is 6.71 Å². The maximum absolute atomic E-state index is 2.62. The molecule has 5 heteroatoms. The fraction of sp³-hybridized carbons (Fsp3) is 0.0137. The molecule has 0 radical (unpaired) electrons. The summed E-state index contributed by atoms with van der Waals surface area (Å²) in [5, 5.41) is 5.01. The molecule has 4 heterocycles. The molecular weight excluding hydrogens is 962 g/mol. The fourth-order valence-corrected chi connectivity index (χ4v) is 15.2. The molecule has 0 unspecified atom stereocenters. The highest BCUT2D eigenvalue weighted by atomic mass is 32.2. The summed E-state index contributed by atoms with van der Waals surface area (Å²) in [6.45, 7) is -0.0857. The van der Waals surface area contributed by atoms with Crippen molar-refractivity contribution in [3.8, 4) is 33.6 Å². The van der Waals surface area contributed by atoms with Crippen molar-refractivity contribution in [1.29, 1.82) is 0 Å². The van der Waals surface area contributed by atoms with Gasteiger partial charge in [0.15, 0.2) is 0 Å². The van der Waals surface area contributed by atoms with Crippen LogP contribution in [0, 0.1) is 0 Å². The van der Waals surface area contributed by atoms with Crippen LogP contribution in [0.4, 0.5) is 17.1 Å². The predicted molar refractivity (Wildman–Crippen MR) is 328 cm³/mol. The molecule has 0 saturated heterocycles. The minimum Gasteiger partial charge on any atom is -0.311 e. The molecule has 3 aliphatic rings. The average Bonchev–Trinajstić information content (AvgIpc) is 3.43. The van der Waals surface area contributed by atoms with Gasteiger partial charge in [-0.3, -0.25) is 0 Å². The number of fused-ring (bicyclic) bond motifs is 13. The normalized spacial score (nSPS) is 13.6. The zero-order valence-corrected chi connectivity index (χ0v) is 43.2. The quantitative estimate of drug-likeness (QED) is 0.154. The van der Waals surface area contributed by atoms with Crippen LogP contribution in [0.15, 0.2) is 289 Å². The van der Waals surface area contributed by atoms with Crippen molar-refractivity contribution in [2.75, 3.05) is 4.90 Å². The third-order valence-corrected chi connectivity index (χ3v) is 18.3. The highest BCUT2D eigenvalue weighted by Gasteiger charge is 2.49. The SMILES string of the molecule is c1ccc(-c2ccc(N3c4cc5c(cc4B4c6cc7c8ccccc8n(-c8ccccc8)c7cc6Sc6cc(C7(c8ccccc8)c8ccccc8-c8ccccc87)cc3c64)c3ccccc3n5-c3ccccc3)cc2)cc1. The summed E-state index contributed by atoms with van der Waals surface area (Å²) in [6, 6.07) is 105. The number of benzene rings is 12. The number of nitrogens with zero attached hydrogens (tertiary/aromatic N) is 3. The third kappa shape index (κ3) is 6.08. The van der Waals surface area contributed by atoms with E-state index in [1.807, 2.05) is 11.8 Å². The summed E-state index contributed by atoms with van der Waals surface area (Å²) in [7, 11) is 0. The summed E-state index contributed by atoms with van der Waals surface area (Å²) in [5.41, 5.74) is 24.0. The number of anilines is 3. The smallest absolute Gasteiger partial charge is 0.249 e. The second-order valence-corrected chi connectivity index (χ2v) is 22.2. The lowest BCUT2D eigenvalue weighted by Crippen LogP contribution is -2.60. The van der Waals surface area contributed by atoms with Crippen LogP contribution in [0.5, 0.6) is 0 Å². The Kier molecular flexibility index (Phi) is 9.36. The van der Waals surface area contributed by atoms with E-state index in [0.717, 1.165) is 17.1 Å². The third-order valence-electron chi connectivity index (χ3n) is 17.2. The molecule has 0 bridgehead atoms. The first-order valence-electron chi connectivity index (χ1n) is 27.0. The Morgan fingerprint density at radius 3 is 1.44 bits per heavy atom. The molecule has 3 nitrogen and oxygen atoms in total. The van der Waals surface area contributed by atoms with Crippen molar-refractivity contribution in [3.05, 3.63) is 301 Å². The topological polar surface area (TPSA) is 13.1 Å². The van der Waals surface area contributed by atoms with Gasteiger partial charge in [-0.05, 0) is 128 Å². The van der Waals surface area contributed by atoms with Gasteiger partial charge in [-0.2, -0.15) is 0 Å². The van der Waals surface area contributed by atoms with Crippen LogP contribution in [0.25, 0.3) is 77.2 Å². The van der Waals surface area contributed by atoms with Crippen molar-refractivity contribution in [1.82, 2.24) is 9.13 Å². The van der Waals surface area contributed by atoms with E-state index in [2.05, 4.69) is 293 Å². The highest BCUT2D eigenvalue weighted by Crippen LogP contribution is 2.58. The number of aromatic nitrogens is 2. The minimum absolute atomic E-state index is 0.0857. The van der Waals surface area contributed by atoms with Gasteiger partial charge < -0.3 is 14.0 Å². The standard InChI is InChI=1S/C73H46BN3S/c1-5-21-47(22-6-1)48-37-39-53(40-38-48)77-68-45-66-58(56-31-15-19-35-64(56)75(66)51-25-9-3-10-26-51)43-62(68)74-63-44-59-57-32-16-20-36-65(57)76(52-27-11-4-12-28-52)67(59)46-70(63)78-71-42-50(41-69(77)72(71)74)73(49-23-7-2-8-24-49)60-33-17-13-29-54(60)55-30-14-18-34-61(55)73/h1-46H. The molecule has 2 aromatic heterocycles. The number of rotatable bonds is 6. The van der Waals surface area contributed by atoms with Crippen LogP contribution >= 0.6 is 11.8 Å². The van der Waals surface area contributed by atoms with E-state index < -0.39 is 5.41 Å². The van der Waals surface area contributed by atoms with Crippen LogP contribution in [-0.4, -0.2) is 15.8 Å².